The first kappa shape index (κ1) is 138. The third-order valence-corrected chi connectivity index (χ3v) is 22.8. The van der Waals surface area contributed by atoms with Crippen molar-refractivity contribution >= 4 is 128 Å². The van der Waals surface area contributed by atoms with E-state index in [1.807, 2.05) is 138 Å². The monoisotopic (exact) mass is 2020 g/mol. The summed E-state index contributed by atoms with van der Waals surface area (Å²) in [4.78, 5) is 88.9. The summed E-state index contributed by atoms with van der Waals surface area (Å²) in [5, 5.41) is 40.0. The van der Waals surface area contributed by atoms with Crippen LogP contribution in [-0.4, -0.2) is 308 Å². The lowest BCUT2D eigenvalue weighted by molar-refractivity contribution is -0.134. The fraction of sp³-hybridized carbons (Fsp3) is 0.886. The molecule has 0 aromatic rings. The standard InChI is InChI=1S/2C9H20N2O5S.4C9H20N2O4S.2C8H18N2O4S/c2*1-9(2,3)7(8(12)11-13)10-5-4-6-17(14,15)16;2*1-9(2,3)7(8(10)12)11-5-4-6-16(13,14)15;2*1-7(2)6-8(9(10)12)11-4-3-5-16(13,14)15;2*1-6(2)7(8(9)11)10-4-3-5-15(12,13)14/h2*7,10,13H,4-6H2,1-3H3,(H,11,12)(H,14,15,16);2*7,11H,4-6H2,1-3H3,(H2,10,12)(H,13,14,15);2*7-8,11H,3-6H2,1-2H3,(H2,10,12)(H,13,14,15);2*6-7,10H,3-5H2,1-2H3,(H2,9,11)(H,12,13,14)/t4*7-;2*8-;2*7-/m10101010/s1. The molecule has 0 heterocycles. The Morgan fingerprint density at radius 3 is 0.523 bits per heavy atom. The molecule has 8 amide bonds. The van der Waals surface area contributed by atoms with Crippen molar-refractivity contribution in [1.29, 1.82) is 0 Å². The van der Waals surface area contributed by atoms with Crippen LogP contribution >= 0.6 is 0 Å². The maximum absolute atomic E-state index is 11.4. The smallest absolute Gasteiger partial charge is 0.264 e. The van der Waals surface area contributed by atoms with Gasteiger partial charge in [-0.2, -0.15) is 67.3 Å². The number of hydrogen-bond donors (Lipinski definition) is 26. The zero-order chi connectivity index (χ0) is 103. The second-order valence-electron chi connectivity index (χ2n) is 35.1. The number of nitrogens with one attached hydrogen (secondary N) is 10. The van der Waals surface area contributed by atoms with E-state index in [-0.39, 0.29) is 133 Å². The lowest BCUT2D eigenvalue weighted by Gasteiger charge is -2.29. The molecule has 8 atom stereocenters. The van der Waals surface area contributed by atoms with Gasteiger partial charge in [-0.25, -0.2) is 11.0 Å². The number of primary amides is 6. The second-order valence-corrected chi connectivity index (χ2v) is 47.7. The van der Waals surface area contributed by atoms with Crippen LogP contribution in [0.4, 0.5) is 0 Å². The van der Waals surface area contributed by atoms with Gasteiger partial charge < -0.3 is 76.9 Å². The summed E-state index contributed by atoms with van der Waals surface area (Å²) < 4.78 is 235. The number of amides is 8. The van der Waals surface area contributed by atoms with E-state index < -0.39 is 187 Å². The van der Waals surface area contributed by atoms with Crippen LogP contribution in [0.3, 0.4) is 0 Å². The van der Waals surface area contributed by atoms with Crippen LogP contribution in [0.5, 0.6) is 0 Å². The van der Waals surface area contributed by atoms with Crippen LogP contribution in [0.1, 0.15) is 203 Å². The molecule has 32 N–H and O–H groups in total. The molecular formula is C70H156N16O34S8. The summed E-state index contributed by atoms with van der Waals surface area (Å²) in [6.45, 7) is 39.7. The highest BCUT2D eigenvalue weighted by atomic mass is 32.2. The van der Waals surface area contributed by atoms with Gasteiger partial charge in [-0.1, -0.05) is 138 Å². The topological polar surface area (TPSA) is 888 Å². The van der Waals surface area contributed by atoms with Crippen molar-refractivity contribution < 1.29 is 153 Å². The van der Waals surface area contributed by atoms with E-state index in [1.54, 1.807) is 11.0 Å². The van der Waals surface area contributed by atoms with E-state index in [0.717, 1.165) is 0 Å². The number of hydrogen-bond acceptors (Lipinski definition) is 34. The van der Waals surface area contributed by atoms with E-state index in [1.165, 1.54) is 0 Å². The number of nitrogens with two attached hydrogens (primary N) is 6. The third kappa shape index (κ3) is 95.3. The summed E-state index contributed by atoms with van der Waals surface area (Å²) in [6, 6.07) is -4.15. The van der Waals surface area contributed by atoms with E-state index in [0.29, 0.717) is 63.9 Å². The van der Waals surface area contributed by atoms with Crippen molar-refractivity contribution in [2.45, 2.75) is 251 Å². The lowest BCUT2D eigenvalue weighted by Crippen LogP contribution is -2.51. The second kappa shape index (κ2) is 66.9. The van der Waals surface area contributed by atoms with E-state index in [2.05, 4.69) is 42.5 Å². The fourth-order valence-corrected chi connectivity index (χ4v) is 14.4. The average molecular weight is 2020 g/mol. The normalized spacial score (nSPS) is 14.3. The Labute approximate surface area is 758 Å². The largest absolute Gasteiger partial charge is 0.368 e. The number of carbonyl (C=O) groups is 8. The first-order chi connectivity index (χ1) is 57.1. The van der Waals surface area contributed by atoms with Crippen molar-refractivity contribution in [2.24, 2.45) is 79.7 Å². The van der Waals surface area contributed by atoms with Crippen LogP contribution in [0, 0.1) is 45.3 Å². The van der Waals surface area contributed by atoms with Crippen molar-refractivity contribution in [1.82, 2.24) is 53.5 Å². The van der Waals surface area contributed by atoms with Gasteiger partial charge in [0, 0.05) is 0 Å². The molecule has 50 nitrogen and oxygen atoms in total. The summed E-state index contributed by atoms with van der Waals surface area (Å²) in [5.74, 6) is -5.80. The lowest BCUT2D eigenvalue weighted by atomic mass is 9.86. The highest BCUT2D eigenvalue weighted by molar-refractivity contribution is 7.87. The molecule has 0 unspecified atom stereocenters. The van der Waals surface area contributed by atoms with Crippen LogP contribution < -0.4 is 87.9 Å². The molecule has 768 valence electrons. The minimum absolute atomic E-state index is 0.0493. The maximum Gasteiger partial charge on any atom is 0.264 e. The van der Waals surface area contributed by atoms with Gasteiger partial charge in [-0.05, 0) is 162 Å². The van der Waals surface area contributed by atoms with E-state index in [9.17, 15) is 106 Å². The van der Waals surface area contributed by atoms with Gasteiger partial charge >= 0.3 is 0 Å². The molecule has 0 spiro atoms. The predicted octanol–water partition coefficient (Wildman–Crippen LogP) is -2.71. The summed E-state index contributed by atoms with van der Waals surface area (Å²) >= 11 is 0. The Balaban J connectivity index is -0.000000214. The van der Waals surface area contributed by atoms with Crippen molar-refractivity contribution in [3.8, 4) is 0 Å². The van der Waals surface area contributed by atoms with Gasteiger partial charge in [0.15, 0.2) is 0 Å². The van der Waals surface area contributed by atoms with Crippen LogP contribution in [0.15, 0.2) is 0 Å². The van der Waals surface area contributed by atoms with Gasteiger partial charge in [0.1, 0.15) is 0 Å². The van der Waals surface area contributed by atoms with Gasteiger partial charge in [-0.15, -0.1) is 0 Å². The molecule has 0 saturated carbocycles. The Morgan fingerprint density at radius 2 is 0.406 bits per heavy atom. The highest BCUT2D eigenvalue weighted by Crippen LogP contribution is 2.22. The molecule has 0 fully saturated rings. The Morgan fingerprint density at radius 1 is 0.250 bits per heavy atom. The van der Waals surface area contributed by atoms with Gasteiger partial charge in [-0.3, -0.25) is 85.2 Å². The maximum atomic E-state index is 11.4. The van der Waals surface area contributed by atoms with Crippen molar-refractivity contribution in [3.63, 3.8) is 0 Å². The minimum Gasteiger partial charge on any atom is -0.368 e. The van der Waals surface area contributed by atoms with Gasteiger partial charge in [0.05, 0.1) is 94.4 Å². The molecule has 0 saturated heterocycles. The van der Waals surface area contributed by atoms with Crippen LogP contribution in [-0.2, 0) is 119 Å². The molecule has 0 aliphatic heterocycles. The Kier molecular flexibility index (Phi) is 72.2. The molecule has 0 aromatic heterocycles. The zero-order valence-electron chi connectivity index (χ0n) is 77.3. The molecule has 128 heavy (non-hydrogen) atoms. The molecule has 0 aromatic carbocycles. The molecule has 0 rings (SSSR count). The average Bonchev–Trinajstić information content (AvgIpc) is 0.840. The summed E-state index contributed by atoms with van der Waals surface area (Å²) in [5.41, 5.74) is 32.7. The predicted molar refractivity (Wildman–Crippen MR) is 484 cm³/mol. The fourth-order valence-electron chi connectivity index (χ4n) is 10.3. The number of rotatable bonds is 54. The molecule has 0 radical (unpaired) electrons. The third-order valence-electron chi connectivity index (χ3n) is 16.4. The first-order valence-electron chi connectivity index (χ1n) is 40.3. The van der Waals surface area contributed by atoms with Gasteiger partial charge in [0.2, 0.25) is 35.4 Å². The van der Waals surface area contributed by atoms with Crippen molar-refractivity contribution in [3.05, 3.63) is 0 Å². The summed E-state index contributed by atoms with van der Waals surface area (Å²) in [6.07, 6.45) is 3.06. The van der Waals surface area contributed by atoms with Gasteiger partial charge in [0.25, 0.3) is 92.8 Å². The van der Waals surface area contributed by atoms with E-state index >= 15 is 0 Å². The minimum atomic E-state index is -3.97. The zero-order valence-corrected chi connectivity index (χ0v) is 83.8. The van der Waals surface area contributed by atoms with E-state index in [4.69, 9.17) is 81.2 Å². The SMILES string of the molecule is CC(C)(C)[C@@H](NCCCS(=O)(=O)O)C(=O)NO.CC(C)(C)[C@@H](NCCCS(=O)(=O)O)C(N)=O.CC(C)(C)[C@H](NCCCS(=O)(=O)O)C(=O)NO.CC(C)(C)[C@H](NCCCS(=O)(=O)O)C(N)=O.CC(C)C[C@@H](NCCCS(=O)(=O)O)C(N)=O.CC(C)C[C@H](NCCCS(=O)(=O)O)C(N)=O.CC(C)[C@@H](NCCCS(=O)(=O)O)C(N)=O.CC(C)[C@H](NCCCS(=O)(=O)O)C(N)=O. The van der Waals surface area contributed by atoms with Crippen molar-refractivity contribution in [2.75, 3.05) is 98.4 Å². The van der Waals surface area contributed by atoms with Crippen LogP contribution in [0.25, 0.3) is 0 Å². The first-order valence-corrected chi connectivity index (χ1v) is 53.1. The number of carbonyl (C=O) groups excluding carboxylic acids is 8. The molecular weight excluding hydrogens is 1870 g/mol. The number of hydroxylamine groups is 2. The quantitative estimate of drug-likeness (QED) is 0.0127. The summed E-state index contributed by atoms with van der Waals surface area (Å²) in [7, 11) is -31.5. The molecule has 0 bridgehead atoms. The molecule has 58 heteroatoms. The Hall–Kier alpha value is -5.36. The molecule has 0 aliphatic rings. The van der Waals surface area contributed by atoms with Crippen LogP contribution in [0.2, 0.25) is 0 Å². The highest BCUT2D eigenvalue weighted by Gasteiger charge is 2.34. The Bertz CT molecular complexity index is 3900. The molecule has 0 aliphatic carbocycles.